The van der Waals surface area contributed by atoms with Crippen LogP contribution in [0.4, 0.5) is 8.78 Å². The molecule has 0 aliphatic carbocycles. The van der Waals surface area contributed by atoms with E-state index in [2.05, 4.69) is 0 Å². The Morgan fingerprint density at radius 3 is 2.33 bits per heavy atom. The van der Waals surface area contributed by atoms with E-state index in [1.165, 1.54) is 29.5 Å². The van der Waals surface area contributed by atoms with Gasteiger partial charge < -0.3 is 5.73 Å². The van der Waals surface area contributed by atoms with Gasteiger partial charge in [-0.1, -0.05) is 36.8 Å². The van der Waals surface area contributed by atoms with Crippen LogP contribution in [0.1, 0.15) is 29.7 Å². The van der Waals surface area contributed by atoms with Gasteiger partial charge in [0.25, 0.3) is 0 Å². The third-order valence-corrected chi connectivity index (χ3v) is 4.87. The summed E-state index contributed by atoms with van der Waals surface area (Å²) in [5.41, 5.74) is 8.42. The van der Waals surface area contributed by atoms with Gasteiger partial charge in [0.15, 0.2) is 0 Å². The predicted octanol–water partition coefficient (Wildman–Crippen LogP) is 4.84. The summed E-state index contributed by atoms with van der Waals surface area (Å²) in [4.78, 5) is 0.422. The quantitative estimate of drug-likeness (QED) is 0.800. The standard InChI is InChI=1S/C17H19F2NS/c1-3-15(20)17(12-6-4-11(2)5-7-12)21-16-9-8-13(18)10-14(16)19/h4-10,15,17H,3,20H2,1-2H3. The van der Waals surface area contributed by atoms with Crippen LogP contribution in [0.5, 0.6) is 0 Å². The monoisotopic (exact) mass is 307 g/mol. The van der Waals surface area contributed by atoms with Crippen LogP contribution >= 0.6 is 11.8 Å². The first-order valence-electron chi connectivity index (χ1n) is 6.95. The zero-order valence-corrected chi connectivity index (χ0v) is 13.0. The number of nitrogens with two attached hydrogens (primary N) is 1. The van der Waals surface area contributed by atoms with Gasteiger partial charge >= 0.3 is 0 Å². The predicted molar refractivity (Wildman–Crippen MR) is 84.4 cm³/mol. The molecule has 0 saturated heterocycles. The number of hydrogen-bond acceptors (Lipinski definition) is 2. The molecule has 1 nitrogen and oxygen atoms in total. The van der Waals surface area contributed by atoms with Crippen LogP contribution in [-0.2, 0) is 0 Å². The molecular formula is C17H19F2NS. The highest BCUT2D eigenvalue weighted by atomic mass is 32.2. The molecule has 2 unspecified atom stereocenters. The highest BCUT2D eigenvalue weighted by Gasteiger charge is 2.21. The maximum atomic E-state index is 13.9. The van der Waals surface area contributed by atoms with E-state index in [4.69, 9.17) is 5.73 Å². The summed E-state index contributed by atoms with van der Waals surface area (Å²) in [6.07, 6.45) is 0.786. The van der Waals surface area contributed by atoms with E-state index in [-0.39, 0.29) is 11.3 Å². The molecule has 0 saturated carbocycles. The second-order valence-electron chi connectivity index (χ2n) is 5.10. The minimum atomic E-state index is -0.566. The summed E-state index contributed by atoms with van der Waals surface area (Å²) >= 11 is 1.35. The van der Waals surface area contributed by atoms with E-state index < -0.39 is 11.6 Å². The zero-order chi connectivity index (χ0) is 15.4. The smallest absolute Gasteiger partial charge is 0.139 e. The molecule has 0 spiro atoms. The Hall–Kier alpha value is -1.39. The maximum Gasteiger partial charge on any atom is 0.139 e. The second kappa shape index (κ2) is 7.05. The topological polar surface area (TPSA) is 26.0 Å². The number of hydrogen-bond donors (Lipinski definition) is 1. The van der Waals surface area contributed by atoms with E-state index in [9.17, 15) is 8.78 Å². The summed E-state index contributed by atoms with van der Waals surface area (Å²) in [5, 5.41) is -0.0597. The van der Waals surface area contributed by atoms with Crippen molar-refractivity contribution in [1.82, 2.24) is 0 Å². The normalized spacial score (nSPS) is 14.0. The van der Waals surface area contributed by atoms with Crippen LogP contribution < -0.4 is 5.73 Å². The summed E-state index contributed by atoms with van der Waals surface area (Å²) in [5.74, 6) is -1.11. The molecule has 21 heavy (non-hydrogen) atoms. The van der Waals surface area contributed by atoms with E-state index >= 15 is 0 Å². The van der Waals surface area contributed by atoms with Crippen molar-refractivity contribution in [1.29, 1.82) is 0 Å². The zero-order valence-electron chi connectivity index (χ0n) is 12.1. The lowest BCUT2D eigenvalue weighted by molar-refractivity contribution is 0.564. The molecule has 0 amide bonds. The second-order valence-corrected chi connectivity index (χ2v) is 6.28. The van der Waals surface area contributed by atoms with Crippen LogP contribution in [0.15, 0.2) is 47.4 Å². The van der Waals surface area contributed by atoms with Gasteiger partial charge in [0.2, 0.25) is 0 Å². The van der Waals surface area contributed by atoms with Gasteiger partial charge in [-0.2, -0.15) is 0 Å². The molecule has 4 heteroatoms. The third-order valence-electron chi connectivity index (χ3n) is 3.41. The molecule has 2 N–H and O–H groups in total. The minimum absolute atomic E-state index is 0.0597. The largest absolute Gasteiger partial charge is 0.326 e. The Labute approximate surface area is 128 Å². The van der Waals surface area contributed by atoms with Gasteiger partial charge in [-0.3, -0.25) is 0 Å². The van der Waals surface area contributed by atoms with E-state index in [0.29, 0.717) is 4.90 Å². The van der Waals surface area contributed by atoms with E-state index in [0.717, 1.165) is 18.1 Å². The fourth-order valence-electron chi connectivity index (χ4n) is 2.08. The van der Waals surface area contributed by atoms with Gasteiger partial charge in [-0.15, -0.1) is 11.8 Å². The highest BCUT2D eigenvalue weighted by molar-refractivity contribution is 7.99. The molecule has 112 valence electrons. The Balaban J connectivity index is 2.30. The van der Waals surface area contributed by atoms with Gasteiger partial charge in [0, 0.05) is 22.3 Å². The first-order chi connectivity index (χ1) is 10.0. The van der Waals surface area contributed by atoms with Crippen molar-refractivity contribution in [2.24, 2.45) is 5.73 Å². The van der Waals surface area contributed by atoms with Crippen LogP contribution in [0, 0.1) is 18.6 Å². The van der Waals surface area contributed by atoms with Crippen molar-refractivity contribution in [2.45, 2.75) is 36.5 Å². The molecule has 2 rings (SSSR count). The Kier molecular flexibility index (Phi) is 5.37. The average molecular weight is 307 g/mol. The fraction of sp³-hybridized carbons (Fsp3) is 0.294. The number of aryl methyl sites for hydroxylation is 1. The molecule has 0 aliphatic heterocycles. The lowest BCUT2D eigenvalue weighted by Gasteiger charge is -2.23. The SMILES string of the molecule is CCC(N)C(Sc1ccc(F)cc1F)c1ccc(C)cc1. The lowest BCUT2D eigenvalue weighted by Crippen LogP contribution is -2.25. The molecule has 0 heterocycles. The van der Waals surface area contributed by atoms with Gasteiger partial charge in [-0.25, -0.2) is 8.78 Å². The summed E-state index contributed by atoms with van der Waals surface area (Å²) in [7, 11) is 0. The van der Waals surface area contributed by atoms with Crippen LogP contribution in [-0.4, -0.2) is 6.04 Å². The molecule has 2 aromatic carbocycles. The fourth-order valence-corrected chi connectivity index (χ4v) is 3.33. The molecular weight excluding hydrogens is 288 g/mol. The Bertz CT molecular complexity index is 598. The number of rotatable bonds is 5. The van der Waals surface area contributed by atoms with Crippen LogP contribution in [0.3, 0.4) is 0 Å². The number of halogens is 2. The number of benzene rings is 2. The van der Waals surface area contributed by atoms with Gasteiger partial charge in [-0.05, 0) is 31.0 Å². The first kappa shape index (κ1) is 16.0. The highest BCUT2D eigenvalue weighted by Crippen LogP contribution is 2.39. The summed E-state index contributed by atoms with van der Waals surface area (Å²) in [6, 6.07) is 11.6. The van der Waals surface area contributed by atoms with Crippen molar-refractivity contribution < 1.29 is 8.78 Å². The van der Waals surface area contributed by atoms with Crippen LogP contribution in [0.2, 0.25) is 0 Å². The molecule has 0 aromatic heterocycles. The Morgan fingerprint density at radius 1 is 1.10 bits per heavy atom. The minimum Gasteiger partial charge on any atom is -0.326 e. The first-order valence-corrected chi connectivity index (χ1v) is 7.83. The van der Waals surface area contributed by atoms with E-state index in [1.807, 2.05) is 38.1 Å². The molecule has 0 radical (unpaired) electrons. The van der Waals surface area contributed by atoms with Crippen molar-refractivity contribution in [2.75, 3.05) is 0 Å². The Morgan fingerprint density at radius 2 is 1.76 bits per heavy atom. The van der Waals surface area contributed by atoms with Crippen molar-refractivity contribution >= 4 is 11.8 Å². The van der Waals surface area contributed by atoms with Gasteiger partial charge in [0.05, 0.1) is 0 Å². The molecule has 0 bridgehead atoms. The maximum absolute atomic E-state index is 13.9. The van der Waals surface area contributed by atoms with Crippen molar-refractivity contribution in [3.63, 3.8) is 0 Å². The average Bonchev–Trinajstić information content (AvgIpc) is 2.47. The van der Waals surface area contributed by atoms with Crippen molar-refractivity contribution in [3.05, 3.63) is 65.2 Å². The third kappa shape index (κ3) is 4.05. The van der Waals surface area contributed by atoms with Gasteiger partial charge in [0.1, 0.15) is 11.6 Å². The molecule has 0 aliphatic rings. The lowest BCUT2D eigenvalue weighted by atomic mass is 10.0. The van der Waals surface area contributed by atoms with Crippen LogP contribution in [0.25, 0.3) is 0 Å². The van der Waals surface area contributed by atoms with E-state index in [1.54, 1.807) is 0 Å². The van der Waals surface area contributed by atoms with Crippen molar-refractivity contribution in [3.8, 4) is 0 Å². The molecule has 0 fully saturated rings. The molecule has 2 aromatic rings. The summed E-state index contributed by atoms with van der Waals surface area (Å²) in [6.45, 7) is 4.03. The molecule has 2 atom stereocenters. The summed E-state index contributed by atoms with van der Waals surface area (Å²) < 4.78 is 26.9. The number of thioether (sulfide) groups is 1.